The van der Waals surface area contributed by atoms with Crippen molar-refractivity contribution in [1.82, 2.24) is 5.32 Å². The highest BCUT2D eigenvalue weighted by atomic mass is 16.5. The molecular weight excluding hydrogens is 450 g/mol. The molecule has 36 heavy (non-hydrogen) atoms. The molecule has 3 aromatic rings. The van der Waals surface area contributed by atoms with Gasteiger partial charge in [-0.2, -0.15) is 0 Å². The molecule has 0 fully saturated rings. The van der Waals surface area contributed by atoms with E-state index in [-0.39, 0.29) is 12.5 Å². The molecule has 0 aliphatic carbocycles. The van der Waals surface area contributed by atoms with Crippen LogP contribution in [0.25, 0.3) is 5.57 Å². The highest BCUT2D eigenvalue weighted by Crippen LogP contribution is 2.24. The number of rotatable bonds is 10. The van der Waals surface area contributed by atoms with Gasteiger partial charge < -0.3 is 19.9 Å². The fourth-order valence-corrected chi connectivity index (χ4v) is 3.81. The van der Waals surface area contributed by atoms with E-state index in [9.17, 15) is 9.90 Å². The number of hydrogen-bond acceptors (Lipinski definition) is 4. The average Bonchev–Trinajstić information content (AvgIpc) is 2.90. The molecule has 0 saturated heterocycles. The Bertz CT molecular complexity index is 1270. The summed E-state index contributed by atoms with van der Waals surface area (Å²) in [5.41, 5.74) is 4.77. The first-order chi connectivity index (χ1) is 17.5. The number of hydrogen-bond donors (Lipinski definition) is 2. The lowest BCUT2D eigenvalue weighted by atomic mass is 9.96. The zero-order valence-corrected chi connectivity index (χ0v) is 21.1. The summed E-state index contributed by atoms with van der Waals surface area (Å²) in [5, 5.41) is 12.9. The zero-order chi connectivity index (χ0) is 25.9. The van der Waals surface area contributed by atoms with Gasteiger partial charge in [0.15, 0.2) is 0 Å². The lowest BCUT2D eigenvalue weighted by Gasteiger charge is -2.20. The number of benzene rings is 3. The van der Waals surface area contributed by atoms with E-state index >= 15 is 0 Å². The predicted octanol–water partition coefficient (Wildman–Crippen LogP) is 5.39. The largest absolute Gasteiger partial charge is 0.495 e. The van der Waals surface area contributed by atoms with Crippen LogP contribution < -0.4 is 14.8 Å². The van der Waals surface area contributed by atoms with Crippen LogP contribution in [0.3, 0.4) is 0 Å². The molecule has 5 heteroatoms. The van der Waals surface area contributed by atoms with Crippen LogP contribution in [0.1, 0.15) is 52.4 Å². The highest BCUT2D eigenvalue weighted by molar-refractivity contribution is 5.97. The van der Waals surface area contributed by atoms with Gasteiger partial charge in [-0.05, 0) is 66.8 Å². The Hall–Kier alpha value is -4.01. The molecule has 0 spiro atoms. The molecule has 0 aliphatic heterocycles. The molecule has 3 rings (SSSR count). The summed E-state index contributed by atoms with van der Waals surface area (Å²) in [6.45, 7) is 8.47. The fourth-order valence-electron chi connectivity index (χ4n) is 3.81. The number of para-hydroxylation sites is 1. The molecular formula is C31H33NO4. The quantitative estimate of drug-likeness (QED) is 0.380. The molecule has 1 atom stereocenters. The van der Waals surface area contributed by atoms with Crippen LogP contribution >= 0.6 is 0 Å². The maximum atomic E-state index is 13.3. The first-order valence-electron chi connectivity index (χ1n) is 12.0. The number of carbonyl (C=O) groups excluding carboxylic acids is 1. The Labute approximate surface area is 213 Å². The molecule has 3 aromatic carbocycles. The topological polar surface area (TPSA) is 67.8 Å². The molecule has 1 amide bonds. The Balaban J connectivity index is 1.83. The van der Waals surface area contributed by atoms with E-state index in [1.807, 2.05) is 68.4 Å². The first kappa shape index (κ1) is 26.6. The number of ether oxygens (including phenoxy) is 2. The van der Waals surface area contributed by atoms with Crippen molar-refractivity contribution in [3.05, 3.63) is 101 Å². The minimum atomic E-state index is -0.494. The number of aliphatic hydroxyl groups is 1. The van der Waals surface area contributed by atoms with E-state index in [2.05, 4.69) is 23.7 Å². The monoisotopic (exact) mass is 483 g/mol. The van der Waals surface area contributed by atoms with Crippen LogP contribution in [0.2, 0.25) is 0 Å². The van der Waals surface area contributed by atoms with E-state index < -0.39 is 6.04 Å². The van der Waals surface area contributed by atoms with Crippen LogP contribution in [0, 0.1) is 18.8 Å². The number of carbonyl (C=O) groups is 1. The van der Waals surface area contributed by atoms with Crippen molar-refractivity contribution in [2.75, 3.05) is 20.3 Å². The van der Waals surface area contributed by atoms with Crippen molar-refractivity contribution >= 4 is 11.5 Å². The lowest BCUT2D eigenvalue weighted by molar-refractivity contribution is 0.0914. The molecule has 186 valence electrons. The minimum Gasteiger partial charge on any atom is -0.495 e. The number of aryl methyl sites for hydroxylation is 1. The summed E-state index contributed by atoms with van der Waals surface area (Å²) < 4.78 is 11.2. The van der Waals surface area contributed by atoms with Gasteiger partial charge >= 0.3 is 0 Å². The summed E-state index contributed by atoms with van der Waals surface area (Å²) in [6, 6.07) is 20.3. The van der Waals surface area contributed by atoms with E-state index in [0.29, 0.717) is 35.7 Å². The maximum Gasteiger partial charge on any atom is 0.255 e. The van der Waals surface area contributed by atoms with Crippen molar-refractivity contribution in [3.63, 3.8) is 0 Å². The van der Waals surface area contributed by atoms with Crippen LogP contribution in [0.15, 0.2) is 73.3 Å². The summed E-state index contributed by atoms with van der Waals surface area (Å²) in [4.78, 5) is 13.3. The SMILES string of the molecule is C=C(CC(CO)NC(=O)c1cc(C#Cc2ccccc2OC)ccc1OCCC)c1ccccc1C. The minimum absolute atomic E-state index is 0.213. The van der Waals surface area contributed by atoms with Gasteiger partial charge in [0.2, 0.25) is 0 Å². The van der Waals surface area contributed by atoms with Crippen molar-refractivity contribution < 1.29 is 19.4 Å². The van der Waals surface area contributed by atoms with Crippen LogP contribution in [0.4, 0.5) is 0 Å². The molecule has 0 saturated carbocycles. The van der Waals surface area contributed by atoms with Gasteiger partial charge in [-0.3, -0.25) is 4.79 Å². The van der Waals surface area contributed by atoms with E-state index in [4.69, 9.17) is 9.47 Å². The third kappa shape index (κ3) is 7.00. The first-order valence-corrected chi connectivity index (χ1v) is 12.0. The number of nitrogens with one attached hydrogen (secondary N) is 1. The molecule has 0 aromatic heterocycles. The van der Waals surface area contributed by atoms with Crippen molar-refractivity contribution in [3.8, 4) is 23.3 Å². The molecule has 5 nitrogen and oxygen atoms in total. The summed E-state index contributed by atoms with van der Waals surface area (Å²) in [7, 11) is 1.61. The number of methoxy groups -OCH3 is 1. The van der Waals surface area contributed by atoms with E-state index in [1.54, 1.807) is 19.2 Å². The number of amides is 1. The van der Waals surface area contributed by atoms with Crippen LogP contribution in [-0.4, -0.2) is 37.4 Å². The van der Waals surface area contributed by atoms with E-state index in [0.717, 1.165) is 28.7 Å². The Kier molecular flexibility index (Phi) is 9.73. The molecule has 0 heterocycles. The number of aliphatic hydroxyl groups excluding tert-OH is 1. The average molecular weight is 484 g/mol. The third-order valence-corrected chi connectivity index (χ3v) is 5.71. The maximum absolute atomic E-state index is 13.3. The normalized spacial score (nSPS) is 11.1. The lowest BCUT2D eigenvalue weighted by Crippen LogP contribution is -2.37. The summed E-state index contributed by atoms with van der Waals surface area (Å²) in [6.07, 6.45) is 1.23. The molecule has 2 N–H and O–H groups in total. The Morgan fingerprint density at radius 1 is 1.03 bits per heavy atom. The van der Waals surface area contributed by atoms with Gasteiger partial charge in [0.1, 0.15) is 11.5 Å². The predicted molar refractivity (Wildman–Crippen MR) is 144 cm³/mol. The molecule has 0 bridgehead atoms. The van der Waals surface area contributed by atoms with Crippen LogP contribution in [0.5, 0.6) is 11.5 Å². The molecule has 0 aliphatic rings. The molecule has 0 radical (unpaired) electrons. The van der Waals surface area contributed by atoms with Gasteiger partial charge in [0.25, 0.3) is 5.91 Å². The fraction of sp³-hybridized carbons (Fsp3) is 0.258. The second-order valence-corrected chi connectivity index (χ2v) is 8.49. The Morgan fingerprint density at radius 2 is 1.78 bits per heavy atom. The van der Waals surface area contributed by atoms with E-state index in [1.165, 1.54) is 0 Å². The smallest absolute Gasteiger partial charge is 0.255 e. The summed E-state index contributed by atoms with van der Waals surface area (Å²) >= 11 is 0. The highest BCUT2D eigenvalue weighted by Gasteiger charge is 2.19. The second kappa shape index (κ2) is 13.2. The van der Waals surface area contributed by atoms with Crippen LogP contribution in [-0.2, 0) is 0 Å². The van der Waals surface area contributed by atoms with Crippen molar-refractivity contribution in [2.24, 2.45) is 0 Å². The molecule has 1 unspecified atom stereocenters. The standard InChI is InChI=1S/C31H33NO4/c1-5-18-36-30-17-15-24(14-16-25-11-7-9-13-29(25)35-4)20-28(30)31(34)32-26(21-33)19-23(3)27-12-8-6-10-22(27)2/h6-13,15,17,20,26,33H,3,5,18-19,21H2,1-2,4H3,(H,32,34). The Morgan fingerprint density at radius 3 is 2.50 bits per heavy atom. The third-order valence-electron chi connectivity index (χ3n) is 5.71. The van der Waals surface area contributed by atoms with Gasteiger partial charge in [0.05, 0.1) is 37.5 Å². The van der Waals surface area contributed by atoms with Crippen molar-refractivity contribution in [1.29, 1.82) is 0 Å². The van der Waals surface area contributed by atoms with Gasteiger partial charge in [0, 0.05) is 5.56 Å². The second-order valence-electron chi connectivity index (χ2n) is 8.49. The van der Waals surface area contributed by atoms with Gasteiger partial charge in [-0.25, -0.2) is 0 Å². The van der Waals surface area contributed by atoms with Gasteiger partial charge in [-0.15, -0.1) is 0 Å². The van der Waals surface area contributed by atoms with Crippen molar-refractivity contribution in [2.45, 2.75) is 32.7 Å². The zero-order valence-electron chi connectivity index (χ0n) is 21.1. The summed E-state index contributed by atoms with van der Waals surface area (Å²) in [5.74, 6) is 7.05. The van der Waals surface area contributed by atoms with Gasteiger partial charge in [-0.1, -0.05) is 61.7 Å².